The van der Waals surface area contributed by atoms with Crippen molar-refractivity contribution in [2.45, 2.75) is 56.5 Å². The number of rotatable bonds is 4. The molecule has 1 unspecified atom stereocenters. The molecule has 1 N–H and O–H groups in total. The molecule has 1 atom stereocenters. The van der Waals surface area contributed by atoms with Gasteiger partial charge in [-0.05, 0) is 56.5 Å². The summed E-state index contributed by atoms with van der Waals surface area (Å²) in [6.45, 7) is 3.02. The summed E-state index contributed by atoms with van der Waals surface area (Å²) in [5, 5.41) is 12.2. The fourth-order valence-electron chi connectivity index (χ4n) is 4.19. The van der Waals surface area contributed by atoms with Gasteiger partial charge in [-0.15, -0.1) is 12.4 Å². The van der Waals surface area contributed by atoms with Crippen LogP contribution < -0.4 is 0 Å². The highest BCUT2D eigenvalue weighted by atomic mass is 35.5. The zero-order chi connectivity index (χ0) is 15.6. The van der Waals surface area contributed by atoms with E-state index in [4.69, 9.17) is 23.2 Å². The third kappa shape index (κ3) is 4.16. The maximum Gasteiger partial charge on any atom is 0.0763 e. The van der Waals surface area contributed by atoms with Crippen molar-refractivity contribution < 1.29 is 5.11 Å². The Morgan fingerprint density at radius 3 is 2.26 bits per heavy atom. The van der Waals surface area contributed by atoms with Crippen LogP contribution in [0.4, 0.5) is 0 Å². The van der Waals surface area contributed by atoms with E-state index in [2.05, 4.69) is 11.0 Å². The number of likely N-dealkylation sites (tertiary alicyclic amines) is 1. The van der Waals surface area contributed by atoms with Crippen molar-refractivity contribution in [3.63, 3.8) is 0 Å². The lowest BCUT2D eigenvalue weighted by Crippen LogP contribution is -2.46. The summed E-state index contributed by atoms with van der Waals surface area (Å²) < 4.78 is 0. The number of piperidine rings is 1. The third-order valence-electron chi connectivity index (χ3n) is 5.51. The molecular weight excluding hydrogens is 353 g/mol. The quantitative estimate of drug-likeness (QED) is 0.790. The molecule has 0 bridgehead atoms. The van der Waals surface area contributed by atoms with Crippen LogP contribution in [0.25, 0.3) is 0 Å². The van der Waals surface area contributed by atoms with Crippen LogP contribution in [0.1, 0.15) is 50.5 Å². The van der Waals surface area contributed by atoms with Gasteiger partial charge in [0.15, 0.2) is 0 Å². The Bertz CT molecular complexity index is 511. The van der Waals surface area contributed by atoms with Crippen LogP contribution in [0, 0.1) is 0 Å². The van der Waals surface area contributed by atoms with Crippen molar-refractivity contribution in [3.8, 4) is 0 Å². The minimum atomic E-state index is -0.328. The molecule has 0 amide bonds. The van der Waals surface area contributed by atoms with Crippen LogP contribution in [-0.2, 0) is 5.41 Å². The largest absolute Gasteiger partial charge is 0.391 e. The molecule has 0 radical (unpaired) electrons. The summed E-state index contributed by atoms with van der Waals surface area (Å²) in [7, 11) is 0. The SMILES string of the molecule is Cl.OC(CN1CCCCC1)C1(c2ccc(Cl)c(Cl)c2)CCCC1. The van der Waals surface area contributed by atoms with Gasteiger partial charge >= 0.3 is 0 Å². The second kappa shape index (κ2) is 8.40. The van der Waals surface area contributed by atoms with E-state index in [0.717, 1.165) is 38.0 Å². The van der Waals surface area contributed by atoms with Gasteiger partial charge < -0.3 is 10.0 Å². The Morgan fingerprint density at radius 1 is 1.00 bits per heavy atom. The first-order valence-corrected chi connectivity index (χ1v) is 9.23. The summed E-state index contributed by atoms with van der Waals surface area (Å²) in [6.07, 6.45) is 7.95. The molecule has 23 heavy (non-hydrogen) atoms. The zero-order valence-corrected chi connectivity index (χ0v) is 15.8. The Hall–Kier alpha value is 0.01000. The van der Waals surface area contributed by atoms with E-state index in [9.17, 15) is 5.11 Å². The maximum absolute atomic E-state index is 11.0. The number of halogens is 3. The molecular formula is C18H26Cl3NO. The fourth-order valence-corrected chi connectivity index (χ4v) is 4.49. The molecule has 0 aromatic heterocycles. The van der Waals surface area contributed by atoms with Crippen molar-refractivity contribution in [2.24, 2.45) is 0 Å². The van der Waals surface area contributed by atoms with E-state index in [-0.39, 0.29) is 23.9 Å². The summed E-state index contributed by atoms with van der Waals surface area (Å²) >= 11 is 12.3. The molecule has 130 valence electrons. The van der Waals surface area contributed by atoms with Gasteiger partial charge in [0.25, 0.3) is 0 Å². The summed E-state index contributed by atoms with van der Waals surface area (Å²) in [5.74, 6) is 0. The highest BCUT2D eigenvalue weighted by molar-refractivity contribution is 6.42. The van der Waals surface area contributed by atoms with Crippen molar-refractivity contribution in [2.75, 3.05) is 19.6 Å². The maximum atomic E-state index is 11.0. The van der Waals surface area contributed by atoms with Crippen LogP contribution in [0.5, 0.6) is 0 Å². The average Bonchev–Trinajstić information content (AvgIpc) is 3.02. The molecule has 2 aliphatic rings. The predicted molar refractivity (Wildman–Crippen MR) is 100 cm³/mol. The highest BCUT2D eigenvalue weighted by Gasteiger charge is 2.42. The minimum Gasteiger partial charge on any atom is -0.391 e. The van der Waals surface area contributed by atoms with Crippen LogP contribution >= 0.6 is 35.6 Å². The molecule has 1 aromatic carbocycles. The Labute approximate surface area is 155 Å². The minimum absolute atomic E-state index is 0. The van der Waals surface area contributed by atoms with E-state index < -0.39 is 0 Å². The topological polar surface area (TPSA) is 23.5 Å². The lowest BCUT2D eigenvalue weighted by atomic mass is 9.74. The summed E-state index contributed by atoms with van der Waals surface area (Å²) in [4.78, 5) is 2.42. The smallest absolute Gasteiger partial charge is 0.0763 e. The van der Waals surface area contributed by atoms with E-state index in [1.54, 1.807) is 0 Å². The molecule has 1 saturated heterocycles. The summed E-state index contributed by atoms with van der Waals surface area (Å²) in [5.41, 5.74) is 1.01. The Kier molecular flexibility index (Phi) is 7.06. The molecule has 5 heteroatoms. The molecule has 2 fully saturated rings. The first-order valence-electron chi connectivity index (χ1n) is 8.48. The van der Waals surface area contributed by atoms with Gasteiger partial charge in [-0.2, -0.15) is 0 Å². The molecule has 1 aromatic rings. The van der Waals surface area contributed by atoms with Gasteiger partial charge in [-0.1, -0.05) is 48.5 Å². The van der Waals surface area contributed by atoms with Gasteiger partial charge in [0, 0.05) is 12.0 Å². The molecule has 0 spiro atoms. The van der Waals surface area contributed by atoms with E-state index in [0.29, 0.717) is 10.0 Å². The molecule has 1 aliphatic heterocycles. The van der Waals surface area contributed by atoms with E-state index in [1.165, 1.54) is 32.1 Å². The second-order valence-electron chi connectivity index (χ2n) is 6.87. The summed E-state index contributed by atoms with van der Waals surface area (Å²) in [6, 6.07) is 5.89. The van der Waals surface area contributed by atoms with E-state index in [1.807, 2.05) is 12.1 Å². The molecule has 1 aliphatic carbocycles. The van der Waals surface area contributed by atoms with Crippen LogP contribution in [-0.4, -0.2) is 35.7 Å². The van der Waals surface area contributed by atoms with Crippen LogP contribution in [0.2, 0.25) is 10.0 Å². The van der Waals surface area contributed by atoms with Gasteiger partial charge in [-0.25, -0.2) is 0 Å². The van der Waals surface area contributed by atoms with Crippen molar-refractivity contribution in [1.82, 2.24) is 4.90 Å². The number of nitrogens with zero attached hydrogens (tertiary/aromatic N) is 1. The molecule has 3 rings (SSSR count). The van der Waals surface area contributed by atoms with Crippen molar-refractivity contribution in [1.29, 1.82) is 0 Å². The van der Waals surface area contributed by atoms with Crippen LogP contribution in [0.15, 0.2) is 18.2 Å². The number of hydrogen-bond acceptors (Lipinski definition) is 2. The molecule has 1 saturated carbocycles. The monoisotopic (exact) mass is 377 g/mol. The molecule has 1 heterocycles. The van der Waals surface area contributed by atoms with Crippen molar-refractivity contribution in [3.05, 3.63) is 33.8 Å². The number of aliphatic hydroxyl groups is 1. The number of aliphatic hydroxyl groups excluding tert-OH is 1. The normalized spacial score (nSPS) is 22.6. The van der Waals surface area contributed by atoms with Crippen molar-refractivity contribution >= 4 is 35.6 Å². The average molecular weight is 379 g/mol. The van der Waals surface area contributed by atoms with Gasteiger partial charge in [0.05, 0.1) is 16.1 Å². The zero-order valence-electron chi connectivity index (χ0n) is 13.4. The predicted octanol–water partition coefficient (Wildman–Crippen LogP) is 5.07. The first kappa shape index (κ1) is 19.3. The number of benzene rings is 1. The lowest BCUT2D eigenvalue weighted by Gasteiger charge is -2.39. The van der Waals surface area contributed by atoms with Gasteiger partial charge in [0.2, 0.25) is 0 Å². The van der Waals surface area contributed by atoms with Gasteiger partial charge in [0.1, 0.15) is 0 Å². The number of hydrogen-bond donors (Lipinski definition) is 1. The Balaban J connectivity index is 0.00000192. The third-order valence-corrected chi connectivity index (χ3v) is 6.25. The van der Waals surface area contributed by atoms with Gasteiger partial charge in [-0.3, -0.25) is 0 Å². The van der Waals surface area contributed by atoms with E-state index >= 15 is 0 Å². The lowest BCUT2D eigenvalue weighted by molar-refractivity contribution is 0.0385. The second-order valence-corrected chi connectivity index (χ2v) is 7.68. The molecule has 2 nitrogen and oxygen atoms in total. The first-order chi connectivity index (χ1) is 10.6. The standard InChI is InChI=1S/C18H25Cl2NO.ClH/c19-15-7-6-14(12-16(15)20)18(8-2-3-9-18)17(22)13-21-10-4-1-5-11-21;/h6-7,12,17,22H,1-5,8-11,13H2;1H. The number of β-amino-alcohol motifs (C(OH)–C–C–N with tert-alkyl or cyclic N) is 1. The highest BCUT2D eigenvalue weighted by Crippen LogP contribution is 2.45. The van der Waals surface area contributed by atoms with Crippen LogP contribution in [0.3, 0.4) is 0 Å². The Morgan fingerprint density at radius 2 is 1.65 bits per heavy atom. The fraction of sp³-hybridized carbons (Fsp3) is 0.667.